The smallest absolute Gasteiger partial charge is 0.416 e. The molecule has 162 valence electrons. The number of rotatable bonds is 6. The molecule has 3 rings (SSSR count). The number of piperidine rings is 1. The van der Waals surface area contributed by atoms with E-state index < -0.39 is 34.3 Å². The number of amides is 1. The first-order valence-electron chi connectivity index (χ1n) is 9.36. The molecule has 6 nitrogen and oxygen atoms in total. The molecule has 0 aliphatic carbocycles. The molecule has 0 unspecified atom stereocenters. The summed E-state index contributed by atoms with van der Waals surface area (Å²) in [6.07, 6.45) is -1.82. The van der Waals surface area contributed by atoms with Crippen LogP contribution in [0.15, 0.2) is 53.4 Å². The fourth-order valence-corrected chi connectivity index (χ4v) is 4.64. The van der Waals surface area contributed by atoms with E-state index >= 15 is 0 Å². The molecule has 1 aliphatic rings. The van der Waals surface area contributed by atoms with E-state index in [4.69, 9.17) is 4.74 Å². The van der Waals surface area contributed by atoms with Crippen LogP contribution >= 0.6 is 0 Å². The van der Waals surface area contributed by atoms with Gasteiger partial charge in [0.25, 0.3) is 5.91 Å². The summed E-state index contributed by atoms with van der Waals surface area (Å²) in [5.74, 6) is -0.456. The molecule has 0 spiro atoms. The normalized spacial score (nSPS) is 15.6. The quantitative estimate of drug-likeness (QED) is 0.736. The monoisotopic (exact) mass is 442 g/mol. The molecule has 0 aromatic heterocycles. The van der Waals surface area contributed by atoms with E-state index in [2.05, 4.69) is 5.32 Å². The second kappa shape index (κ2) is 9.05. The summed E-state index contributed by atoms with van der Waals surface area (Å²) in [6, 6.07) is 9.90. The first-order valence-corrected chi connectivity index (χ1v) is 10.8. The number of carbonyl (C=O) groups excluding carboxylic acids is 1. The van der Waals surface area contributed by atoms with Gasteiger partial charge in [0.1, 0.15) is 5.75 Å². The average Bonchev–Trinajstić information content (AvgIpc) is 2.73. The lowest BCUT2D eigenvalue weighted by Gasteiger charge is -2.26. The molecule has 30 heavy (non-hydrogen) atoms. The highest BCUT2D eigenvalue weighted by atomic mass is 32.2. The fraction of sp³-hybridized carbons (Fsp3) is 0.350. The van der Waals surface area contributed by atoms with Crippen molar-refractivity contribution < 1.29 is 31.1 Å². The van der Waals surface area contributed by atoms with Crippen LogP contribution in [0, 0.1) is 0 Å². The molecular weight excluding hydrogens is 421 g/mol. The Kier molecular flexibility index (Phi) is 6.67. The zero-order valence-corrected chi connectivity index (χ0v) is 16.8. The molecule has 1 amide bonds. The van der Waals surface area contributed by atoms with Crippen molar-refractivity contribution in [2.24, 2.45) is 0 Å². The second-order valence-electron chi connectivity index (χ2n) is 6.85. The lowest BCUT2D eigenvalue weighted by Crippen LogP contribution is -2.35. The van der Waals surface area contributed by atoms with Gasteiger partial charge in [0, 0.05) is 18.8 Å². The van der Waals surface area contributed by atoms with Gasteiger partial charge in [-0.05, 0) is 55.3 Å². The summed E-state index contributed by atoms with van der Waals surface area (Å²) in [6.45, 7) is 0.508. The minimum absolute atomic E-state index is 0.0888. The lowest BCUT2D eigenvalue weighted by atomic mass is 10.2. The highest BCUT2D eigenvalue weighted by molar-refractivity contribution is 7.89. The van der Waals surface area contributed by atoms with Crippen LogP contribution in [-0.2, 0) is 21.0 Å². The van der Waals surface area contributed by atoms with Gasteiger partial charge in [0.15, 0.2) is 6.61 Å². The van der Waals surface area contributed by atoms with E-state index in [0.717, 1.165) is 43.5 Å². The minimum atomic E-state index is -4.45. The standard InChI is InChI=1S/C20H21F3N2O4S/c21-20(22,23)15-7-9-17(10-8-15)29-14-19(26)24-16-5-4-6-18(13-16)30(27,28)25-11-2-1-3-12-25/h4-10,13H,1-3,11-12,14H2,(H,24,26). The van der Waals surface area contributed by atoms with E-state index in [1.54, 1.807) is 6.07 Å². The van der Waals surface area contributed by atoms with Crippen molar-refractivity contribution in [2.45, 2.75) is 30.3 Å². The number of hydrogen-bond donors (Lipinski definition) is 1. The Morgan fingerprint density at radius 3 is 2.33 bits per heavy atom. The van der Waals surface area contributed by atoms with Crippen LogP contribution in [0.1, 0.15) is 24.8 Å². The van der Waals surface area contributed by atoms with E-state index in [9.17, 15) is 26.4 Å². The molecule has 1 fully saturated rings. The average molecular weight is 442 g/mol. The van der Waals surface area contributed by atoms with E-state index in [0.29, 0.717) is 13.1 Å². The van der Waals surface area contributed by atoms with Crippen LogP contribution in [0.4, 0.5) is 18.9 Å². The number of ether oxygens (including phenoxy) is 1. The van der Waals surface area contributed by atoms with Gasteiger partial charge in [-0.2, -0.15) is 17.5 Å². The second-order valence-corrected chi connectivity index (χ2v) is 8.79. The largest absolute Gasteiger partial charge is 0.484 e. The van der Waals surface area contributed by atoms with Gasteiger partial charge < -0.3 is 10.1 Å². The van der Waals surface area contributed by atoms with Gasteiger partial charge in [0.05, 0.1) is 10.5 Å². The Morgan fingerprint density at radius 1 is 1.03 bits per heavy atom. The molecule has 0 saturated carbocycles. The fourth-order valence-electron chi connectivity index (χ4n) is 3.07. The first-order chi connectivity index (χ1) is 14.2. The van der Waals surface area contributed by atoms with Crippen molar-refractivity contribution in [1.82, 2.24) is 4.31 Å². The number of sulfonamides is 1. The van der Waals surface area contributed by atoms with Crippen molar-refractivity contribution in [2.75, 3.05) is 25.0 Å². The number of nitrogens with zero attached hydrogens (tertiary/aromatic N) is 1. The molecule has 1 saturated heterocycles. The Bertz CT molecular complexity index is 986. The van der Waals surface area contributed by atoms with Crippen LogP contribution in [0.25, 0.3) is 0 Å². The molecule has 1 aliphatic heterocycles. The van der Waals surface area contributed by atoms with Crippen LogP contribution in [0.3, 0.4) is 0 Å². The molecule has 1 N–H and O–H groups in total. The molecule has 2 aromatic carbocycles. The summed E-state index contributed by atoms with van der Waals surface area (Å²) in [5.41, 5.74) is -0.528. The molecule has 2 aromatic rings. The maximum atomic E-state index is 12.7. The van der Waals surface area contributed by atoms with Crippen molar-refractivity contribution in [1.29, 1.82) is 0 Å². The Labute approximate surface area is 172 Å². The number of alkyl halides is 3. The third kappa shape index (κ3) is 5.51. The summed E-state index contributed by atoms with van der Waals surface area (Å²) in [4.78, 5) is 12.2. The van der Waals surface area contributed by atoms with Gasteiger partial charge in [-0.3, -0.25) is 4.79 Å². The SMILES string of the molecule is O=C(COc1ccc(C(F)(F)F)cc1)Nc1cccc(S(=O)(=O)N2CCCCC2)c1. The molecule has 1 heterocycles. The predicted molar refractivity (Wildman–Crippen MR) is 105 cm³/mol. The van der Waals surface area contributed by atoms with E-state index in [1.807, 2.05) is 0 Å². The van der Waals surface area contributed by atoms with Crippen LogP contribution in [-0.4, -0.2) is 38.3 Å². The Balaban J connectivity index is 1.60. The van der Waals surface area contributed by atoms with Gasteiger partial charge in [-0.25, -0.2) is 8.42 Å². The number of hydrogen-bond acceptors (Lipinski definition) is 4. The number of halogens is 3. The highest BCUT2D eigenvalue weighted by Gasteiger charge is 2.30. The molecule has 0 bridgehead atoms. The highest BCUT2D eigenvalue weighted by Crippen LogP contribution is 2.30. The number of nitrogens with one attached hydrogen (secondary N) is 1. The third-order valence-electron chi connectivity index (χ3n) is 4.62. The summed E-state index contributed by atoms with van der Waals surface area (Å²) in [7, 11) is -3.63. The van der Waals surface area contributed by atoms with Gasteiger partial charge >= 0.3 is 6.18 Å². The number of carbonyl (C=O) groups is 1. The number of benzene rings is 2. The zero-order chi connectivity index (χ0) is 21.8. The molecule has 10 heteroatoms. The third-order valence-corrected chi connectivity index (χ3v) is 6.52. The van der Waals surface area contributed by atoms with E-state index in [1.165, 1.54) is 22.5 Å². The van der Waals surface area contributed by atoms with Crippen LogP contribution in [0.2, 0.25) is 0 Å². The van der Waals surface area contributed by atoms with Crippen molar-refractivity contribution in [3.8, 4) is 5.75 Å². The van der Waals surface area contributed by atoms with Gasteiger partial charge in [-0.15, -0.1) is 0 Å². The van der Waals surface area contributed by atoms with Gasteiger partial charge in [0.2, 0.25) is 10.0 Å². The Morgan fingerprint density at radius 2 is 1.70 bits per heavy atom. The van der Waals surface area contributed by atoms with E-state index in [-0.39, 0.29) is 16.3 Å². The summed E-state index contributed by atoms with van der Waals surface area (Å²) >= 11 is 0. The van der Waals surface area contributed by atoms with Crippen molar-refractivity contribution >= 4 is 21.6 Å². The lowest BCUT2D eigenvalue weighted by molar-refractivity contribution is -0.137. The summed E-state index contributed by atoms with van der Waals surface area (Å²) < 4.78 is 69.8. The minimum Gasteiger partial charge on any atom is -0.484 e. The van der Waals surface area contributed by atoms with Crippen molar-refractivity contribution in [3.63, 3.8) is 0 Å². The molecular formula is C20H21F3N2O4S. The molecule has 0 atom stereocenters. The first kappa shape index (κ1) is 22.1. The maximum Gasteiger partial charge on any atom is 0.416 e. The summed E-state index contributed by atoms with van der Waals surface area (Å²) in [5, 5.41) is 2.54. The molecule has 0 radical (unpaired) electrons. The predicted octanol–water partition coefficient (Wildman–Crippen LogP) is 3.90. The maximum absolute atomic E-state index is 12.7. The van der Waals surface area contributed by atoms with Gasteiger partial charge in [-0.1, -0.05) is 12.5 Å². The van der Waals surface area contributed by atoms with Crippen LogP contribution < -0.4 is 10.1 Å². The topological polar surface area (TPSA) is 75.7 Å². The van der Waals surface area contributed by atoms with Crippen LogP contribution in [0.5, 0.6) is 5.75 Å². The number of anilines is 1. The van der Waals surface area contributed by atoms with Crippen molar-refractivity contribution in [3.05, 3.63) is 54.1 Å². The Hall–Kier alpha value is -2.59. The zero-order valence-electron chi connectivity index (χ0n) is 16.0.